The van der Waals surface area contributed by atoms with Gasteiger partial charge in [0.15, 0.2) is 0 Å². The molecule has 1 amide bonds. The second-order valence-electron chi connectivity index (χ2n) is 5.72. The lowest BCUT2D eigenvalue weighted by Crippen LogP contribution is -2.36. The van der Waals surface area contributed by atoms with Crippen LogP contribution < -0.4 is 0 Å². The fourth-order valence-corrected chi connectivity index (χ4v) is 2.74. The van der Waals surface area contributed by atoms with E-state index in [9.17, 15) is 9.18 Å². The molecule has 0 saturated heterocycles. The molecule has 0 heterocycles. The van der Waals surface area contributed by atoms with Gasteiger partial charge in [-0.15, -0.1) is 0 Å². The Bertz CT molecular complexity index is 642. The summed E-state index contributed by atoms with van der Waals surface area (Å²) in [6.45, 7) is 0.589. The van der Waals surface area contributed by atoms with E-state index in [2.05, 4.69) is 0 Å². The molecule has 1 aliphatic carbocycles. The van der Waals surface area contributed by atoms with Crippen LogP contribution in [0.5, 0.6) is 0 Å². The Hall–Kier alpha value is -2.15. The van der Waals surface area contributed by atoms with Crippen molar-refractivity contribution < 1.29 is 9.18 Å². The Morgan fingerprint density at radius 1 is 1.29 bits per heavy atom. The summed E-state index contributed by atoms with van der Waals surface area (Å²) in [5.74, 6) is -0.599. The standard InChI is InChI=1S/C17H18ClFN4O/c18-15-2-1-3-16(19)14(15)12-23(13-4-5-13)9-6-17(24)22(10-7-20)11-8-21/h1-3,13H,4-6,9-12H2. The summed E-state index contributed by atoms with van der Waals surface area (Å²) in [5, 5.41) is 17.8. The highest BCUT2D eigenvalue weighted by Gasteiger charge is 2.30. The maximum absolute atomic E-state index is 14.0. The lowest BCUT2D eigenvalue weighted by Gasteiger charge is -2.24. The normalized spacial score (nSPS) is 13.4. The maximum atomic E-state index is 14.0. The first-order valence-electron chi connectivity index (χ1n) is 7.75. The van der Waals surface area contributed by atoms with Gasteiger partial charge in [0, 0.05) is 36.1 Å². The number of carbonyl (C=O) groups excluding carboxylic acids is 1. The summed E-state index contributed by atoms with van der Waals surface area (Å²) in [6.07, 6.45) is 2.21. The van der Waals surface area contributed by atoms with Gasteiger partial charge in [0.1, 0.15) is 18.9 Å². The Morgan fingerprint density at radius 3 is 2.50 bits per heavy atom. The predicted octanol–water partition coefficient (Wildman–Crippen LogP) is 2.71. The van der Waals surface area contributed by atoms with Crippen LogP contribution in [-0.4, -0.2) is 41.4 Å². The Morgan fingerprint density at radius 2 is 1.96 bits per heavy atom. The molecule has 2 rings (SSSR count). The third kappa shape index (κ3) is 4.92. The number of halogens is 2. The number of nitrogens with zero attached hydrogens (tertiary/aromatic N) is 4. The van der Waals surface area contributed by atoms with Gasteiger partial charge in [0.25, 0.3) is 0 Å². The predicted molar refractivity (Wildman–Crippen MR) is 87.3 cm³/mol. The van der Waals surface area contributed by atoms with E-state index in [0.717, 1.165) is 12.8 Å². The van der Waals surface area contributed by atoms with E-state index >= 15 is 0 Å². The molecule has 0 atom stereocenters. The van der Waals surface area contributed by atoms with Gasteiger partial charge < -0.3 is 4.90 Å². The first-order valence-corrected chi connectivity index (χ1v) is 8.13. The van der Waals surface area contributed by atoms with Crippen molar-refractivity contribution in [3.8, 4) is 12.1 Å². The summed E-state index contributed by atoms with van der Waals surface area (Å²) < 4.78 is 14.0. The van der Waals surface area contributed by atoms with Crippen molar-refractivity contribution in [2.45, 2.75) is 31.8 Å². The topological polar surface area (TPSA) is 71.1 Å². The van der Waals surface area contributed by atoms with Gasteiger partial charge in [-0.05, 0) is 25.0 Å². The van der Waals surface area contributed by atoms with Gasteiger partial charge in [-0.3, -0.25) is 9.69 Å². The molecule has 126 valence electrons. The fourth-order valence-electron chi connectivity index (χ4n) is 2.52. The molecule has 1 aromatic carbocycles. The lowest BCUT2D eigenvalue weighted by molar-refractivity contribution is -0.130. The molecule has 0 spiro atoms. The van der Waals surface area contributed by atoms with E-state index in [-0.39, 0.29) is 31.2 Å². The van der Waals surface area contributed by atoms with Crippen LogP contribution in [0.4, 0.5) is 4.39 Å². The van der Waals surface area contributed by atoms with Crippen molar-refractivity contribution in [1.82, 2.24) is 9.80 Å². The maximum Gasteiger partial charge on any atom is 0.225 e. The smallest absolute Gasteiger partial charge is 0.225 e. The van der Waals surface area contributed by atoms with E-state index in [1.54, 1.807) is 12.1 Å². The SMILES string of the molecule is N#CCN(CC#N)C(=O)CCN(Cc1c(F)cccc1Cl)C1CC1. The van der Waals surface area contributed by atoms with E-state index < -0.39 is 0 Å². The average Bonchev–Trinajstić information content (AvgIpc) is 3.38. The van der Waals surface area contributed by atoms with Gasteiger partial charge in [-0.2, -0.15) is 10.5 Å². The zero-order chi connectivity index (χ0) is 17.5. The van der Waals surface area contributed by atoms with Crippen molar-refractivity contribution in [3.63, 3.8) is 0 Å². The average molecular weight is 349 g/mol. The number of hydrogen-bond acceptors (Lipinski definition) is 4. The largest absolute Gasteiger partial charge is 0.316 e. The molecule has 5 nitrogen and oxygen atoms in total. The molecule has 0 aromatic heterocycles. The number of nitriles is 2. The van der Waals surface area contributed by atoms with Crippen molar-refractivity contribution >= 4 is 17.5 Å². The van der Waals surface area contributed by atoms with Crippen molar-refractivity contribution in [2.24, 2.45) is 0 Å². The zero-order valence-electron chi connectivity index (χ0n) is 13.2. The molecule has 1 aromatic rings. The van der Waals surface area contributed by atoms with Gasteiger partial charge in [0.05, 0.1) is 12.1 Å². The molecule has 0 bridgehead atoms. The van der Waals surface area contributed by atoms with E-state index in [4.69, 9.17) is 22.1 Å². The van der Waals surface area contributed by atoms with Crippen LogP contribution in [0.25, 0.3) is 0 Å². The highest BCUT2D eigenvalue weighted by atomic mass is 35.5. The van der Waals surface area contributed by atoms with Crippen LogP contribution >= 0.6 is 11.6 Å². The van der Waals surface area contributed by atoms with Crippen molar-refractivity contribution in [2.75, 3.05) is 19.6 Å². The molecule has 1 aliphatic rings. The van der Waals surface area contributed by atoms with Crippen molar-refractivity contribution in [3.05, 3.63) is 34.6 Å². The zero-order valence-corrected chi connectivity index (χ0v) is 14.0. The number of carbonyl (C=O) groups is 1. The number of hydrogen-bond donors (Lipinski definition) is 0. The van der Waals surface area contributed by atoms with Crippen LogP contribution in [-0.2, 0) is 11.3 Å². The number of amides is 1. The molecular weight excluding hydrogens is 331 g/mol. The lowest BCUT2D eigenvalue weighted by atomic mass is 10.2. The highest BCUT2D eigenvalue weighted by Crippen LogP contribution is 2.30. The summed E-state index contributed by atoms with van der Waals surface area (Å²) in [7, 11) is 0. The summed E-state index contributed by atoms with van der Waals surface area (Å²) >= 11 is 6.08. The van der Waals surface area contributed by atoms with E-state index in [1.807, 2.05) is 17.0 Å². The van der Waals surface area contributed by atoms with E-state index in [1.165, 1.54) is 11.0 Å². The number of benzene rings is 1. The molecule has 0 aliphatic heterocycles. The Labute approximate surface area is 145 Å². The fraction of sp³-hybridized carbons (Fsp3) is 0.471. The summed E-state index contributed by atoms with van der Waals surface area (Å²) in [4.78, 5) is 15.4. The minimum Gasteiger partial charge on any atom is -0.316 e. The Balaban J connectivity index is 1.98. The highest BCUT2D eigenvalue weighted by molar-refractivity contribution is 6.31. The van der Waals surface area contributed by atoms with Gasteiger partial charge in [-0.25, -0.2) is 4.39 Å². The molecule has 1 saturated carbocycles. The molecule has 1 fully saturated rings. The van der Waals surface area contributed by atoms with Crippen molar-refractivity contribution in [1.29, 1.82) is 10.5 Å². The molecule has 0 N–H and O–H groups in total. The van der Waals surface area contributed by atoms with Crippen LogP contribution in [0.1, 0.15) is 24.8 Å². The van der Waals surface area contributed by atoms with Gasteiger partial charge in [-0.1, -0.05) is 17.7 Å². The van der Waals surface area contributed by atoms with Crippen LogP contribution in [0.2, 0.25) is 5.02 Å². The Kier molecular flexibility index (Phi) is 6.54. The third-order valence-corrected chi connectivity index (χ3v) is 4.33. The summed E-state index contributed by atoms with van der Waals surface area (Å²) in [6, 6.07) is 8.68. The molecular formula is C17H18ClFN4O. The third-order valence-electron chi connectivity index (χ3n) is 3.97. The van der Waals surface area contributed by atoms with Crippen LogP contribution in [0, 0.1) is 28.5 Å². The van der Waals surface area contributed by atoms with Gasteiger partial charge >= 0.3 is 0 Å². The number of rotatable bonds is 8. The molecule has 0 radical (unpaired) electrons. The monoisotopic (exact) mass is 348 g/mol. The first kappa shape index (κ1) is 18.2. The van der Waals surface area contributed by atoms with Crippen LogP contribution in [0.3, 0.4) is 0 Å². The minimum atomic E-state index is -0.352. The van der Waals surface area contributed by atoms with Crippen LogP contribution in [0.15, 0.2) is 18.2 Å². The second kappa shape index (κ2) is 8.63. The quantitative estimate of drug-likeness (QED) is 0.677. The molecule has 7 heteroatoms. The molecule has 24 heavy (non-hydrogen) atoms. The van der Waals surface area contributed by atoms with E-state index in [0.29, 0.717) is 29.7 Å². The summed E-state index contributed by atoms with van der Waals surface area (Å²) in [5.41, 5.74) is 0.435. The minimum absolute atomic E-state index is 0.102. The second-order valence-corrected chi connectivity index (χ2v) is 6.13. The first-order chi connectivity index (χ1) is 11.6. The molecule has 0 unspecified atom stereocenters. The van der Waals surface area contributed by atoms with Gasteiger partial charge in [0.2, 0.25) is 5.91 Å².